The van der Waals surface area contributed by atoms with Gasteiger partial charge in [-0.3, -0.25) is 0 Å². The van der Waals surface area contributed by atoms with E-state index in [1.807, 2.05) is 13.1 Å². The molecule has 0 bridgehead atoms. The standard InChI is InChI=1S/C16H25NO2S/c1-16(2,20(4,18)19)15(17-3)14-11-6-5-10-13(14)12-8-7-9-12/h5-6,10-12,15,17H,7-9H2,1-4H3. The van der Waals surface area contributed by atoms with Crippen molar-refractivity contribution in [2.45, 2.75) is 49.8 Å². The smallest absolute Gasteiger partial charge is 0.154 e. The van der Waals surface area contributed by atoms with Gasteiger partial charge in [0, 0.05) is 6.26 Å². The van der Waals surface area contributed by atoms with Crippen LogP contribution < -0.4 is 5.32 Å². The van der Waals surface area contributed by atoms with Gasteiger partial charge in [0.25, 0.3) is 0 Å². The Hall–Kier alpha value is -0.870. The highest BCUT2D eigenvalue weighted by Gasteiger charge is 2.40. The molecule has 3 nitrogen and oxygen atoms in total. The minimum atomic E-state index is -3.16. The zero-order valence-electron chi connectivity index (χ0n) is 12.8. The molecule has 1 atom stereocenters. The second-order valence-corrected chi connectivity index (χ2v) is 8.95. The Morgan fingerprint density at radius 3 is 2.30 bits per heavy atom. The topological polar surface area (TPSA) is 46.2 Å². The summed E-state index contributed by atoms with van der Waals surface area (Å²) in [6.07, 6.45) is 5.03. The van der Waals surface area contributed by atoms with E-state index in [1.165, 1.54) is 31.1 Å². The Bertz CT molecular complexity index is 574. The first-order chi connectivity index (χ1) is 9.29. The maximum atomic E-state index is 12.2. The average molecular weight is 295 g/mol. The molecule has 1 aromatic carbocycles. The molecular weight excluding hydrogens is 270 g/mol. The summed E-state index contributed by atoms with van der Waals surface area (Å²) in [4.78, 5) is 0. The summed E-state index contributed by atoms with van der Waals surface area (Å²) in [5, 5.41) is 3.23. The van der Waals surface area contributed by atoms with Crippen molar-refractivity contribution >= 4 is 9.84 Å². The van der Waals surface area contributed by atoms with Crippen LogP contribution in [-0.2, 0) is 9.84 Å². The predicted octanol–water partition coefficient (Wildman–Crippen LogP) is 3.04. The van der Waals surface area contributed by atoms with Crippen molar-refractivity contribution in [2.24, 2.45) is 0 Å². The molecule has 0 spiro atoms. The van der Waals surface area contributed by atoms with Gasteiger partial charge in [0.15, 0.2) is 9.84 Å². The van der Waals surface area contributed by atoms with Crippen LogP contribution in [0.5, 0.6) is 0 Å². The van der Waals surface area contributed by atoms with Crippen LogP contribution in [0, 0.1) is 0 Å². The van der Waals surface area contributed by atoms with Gasteiger partial charge in [-0.1, -0.05) is 30.7 Å². The lowest BCUT2D eigenvalue weighted by Gasteiger charge is -2.36. The highest BCUT2D eigenvalue weighted by Crippen LogP contribution is 2.42. The maximum Gasteiger partial charge on any atom is 0.154 e. The van der Waals surface area contributed by atoms with Crippen LogP contribution in [0.1, 0.15) is 56.2 Å². The molecule has 0 heterocycles. The van der Waals surface area contributed by atoms with Crippen molar-refractivity contribution < 1.29 is 8.42 Å². The van der Waals surface area contributed by atoms with Gasteiger partial charge in [0.05, 0.1) is 10.8 Å². The molecule has 0 amide bonds. The fourth-order valence-electron chi connectivity index (χ4n) is 2.96. The van der Waals surface area contributed by atoms with E-state index in [4.69, 9.17) is 0 Å². The summed E-state index contributed by atoms with van der Waals surface area (Å²) in [6.45, 7) is 3.61. The lowest BCUT2D eigenvalue weighted by atomic mass is 9.76. The minimum absolute atomic E-state index is 0.186. The summed E-state index contributed by atoms with van der Waals surface area (Å²) < 4.78 is 23.5. The van der Waals surface area contributed by atoms with Crippen LogP contribution in [0.2, 0.25) is 0 Å². The SMILES string of the molecule is CNC(c1ccccc1C1CCC1)C(C)(C)S(C)(=O)=O. The third-order valence-corrected chi connectivity index (χ3v) is 6.94. The van der Waals surface area contributed by atoms with E-state index >= 15 is 0 Å². The second kappa shape index (κ2) is 5.49. The molecule has 2 rings (SSSR count). The molecule has 1 aromatic rings. The molecule has 112 valence electrons. The third-order valence-electron chi connectivity index (χ3n) is 4.79. The van der Waals surface area contributed by atoms with Gasteiger partial charge in [0.2, 0.25) is 0 Å². The fraction of sp³-hybridized carbons (Fsp3) is 0.625. The van der Waals surface area contributed by atoms with Gasteiger partial charge < -0.3 is 5.32 Å². The van der Waals surface area contributed by atoms with Crippen molar-refractivity contribution in [1.82, 2.24) is 5.32 Å². The van der Waals surface area contributed by atoms with E-state index in [0.717, 1.165) is 5.56 Å². The molecule has 0 aromatic heterocycles. The van der Waals surface area contributed by atoms with Crippen molar-refractivity contribution in [3.8, 4) is 0 Å². The summed E-state index contributed by atoms with van der Waals surface area (Å²) in [7, 11) is -1.31. The van der Waals surface area contributed by atoms with Crippen LogP contribution >= 0.6 is 0 Å². The average Bonchev–Trinajstić information content (AvgIpc) is 2.28. The number of benzene rings is 1. The third kappa shape index (κ3) is 2.63. The molecule has 1 saturated carbocycles. The van der Waals surface area contributed by atoms with E-state index in [9.17, 15) is 8.42 Å². The van der Waals surface area contributed by atoms with E-state index in [0.29, 0.717) is 5.92 Å². The molecule has 1 aliphatic carbocycles. The Labute approximate surface area is 122 Å². The van der Waals surface area contributed by atoms with Crippen molar-refractivity contribution in [3.05, 3.63) is 35.4 Å². The second-order valence-electron chi connectivity index (χ2n) is 6.35. The van der Waals surface area contributed by atoms with Crippen LogP contribution in [0.4, 0.5) is 0 Å². The van der Waals surface area contributed by atoms with E-state index in [2.05, 4.69) is 23.5 Å². The molecule has 1 fully saturated rings. The molecule has 0 saturated heterocycles. The number of nitrogens with one attached hydrogen (secondary N) is 1. The van der Waals surface area contributed by atoms with E-state index in [-0.39, 0.29) is 6.04 Å². The van der Waals surface area contributed by atoms with Gasteiger partial charge in [-0.05, 0) is 50.8 Å². The van der Waals surface area contributed by atoms with Gasteiger partial charge in [-0.25, -0.2) is 8.42 Å². The maximum absolute atomic E-state index is 12.2. The number of hydrogen-bond donors (Lipinski definition) is 1. The summed E-state index contributed by atoms with van der Waals surface area (Å²) >= 11 is 0. The first-order valence-electron chi connectivity index (χ1n) is 7.24. The largest absolute Gasteiger partial charge is 0.312 e. The Morgan fingerprint density at radius 1 is 1.25 bits per heavy atom. The molecule has 1 aliphatic rings. The predicted molar refractivity (Wildman–Crippen MR) is 83.8 cm³/mol. The molecular formula is C16H25NO2S. The Morgan fingerprint density at radius 2 is 1.85 bits per heavy atom. The van der Waals surface area contributed by atoms with E-state index in [1.54, 1.807) is 13.8 Å². The number of hydrogen-bond acceptors (Lipinski definition) is 3. The van der Waals surface area contributed by atoms with Crippen molar-refractivity contribution in [3.63, 3.8) is 0 Å². The summed E-state index contributed by atoms with van der Waals surface area (Å²) in [6, 6.07) is 8.09. The normalized spacial score (nSPS) is 18.6. The monoisotopic (exact) mass is 295 g/mol. The first kappa shape index (κ1) is 15.5. The van der Waals surface area contributed by atoms with Crippen LogP contribution in [0.25, 0.3) is 0 Å². The lowest BCUT2D eigenvalue weighted by molar-refractivity contribution is 0.400. The van der Waals surface area contributed by atoms with Gasteiger partial charge in [0.1, 0.15) is 0 Å². The molecule has 4 heteroatoms. The van der Waals surface area contributed by atoms with Crippen molar-refractivity contribution in [2.75, 3.05) is 13.3 Å². The summed E-state index contributed by atoms with van der Waals surface area (Å²) in [5.41, 5.74) is 2.45. The molecule has 0 aliphatic heterocycles. The summed E-state index contributed by atoms with van der Waals surface area (Å²) in [5.74, 6) is 0.595. The highest BCUT2D eigenvalue weighted by atomic mass is 32.2. The quantitative estimate of drug-likeness (QED) is 0.908. The number of rotatable bonds is 5. The first-order valence-corrected chi connectivity index (χ1v) is 9.14. The lowest BCUT2D eigenvalue weighted by Crippen LogP contribution is -2.44. The van der Waals surface area contributed by atoms with Crippen LogP contribution in [0.3, 0.4) is 0 Å². The Kier molecular flexibility index (Phi) is 4.26. The molecule has 1 unspecified atom stereocenters. The van der Waals surface area contributed by atoms with Gasteiger partial charge in [-0.2, -0.15) is 0 Å². The zero-order chi connectivity index (χ0) is 15.0. The van der Waals surface area contributed by atoms with Gasteiger partial charge >= 0.3 is 0 Å². The zero-order valence-corrected chi connectivity index (χ0v) is 13.6. The van der Waals surface area contributed by atoms with Crippen LogP contribution in [0.15, 0.2) is 24.3 Å². The molecule has 0 radical (unpaired) electrons. The van der Waals surface area contributed by atoms with Gasteiger partial charge in [-0.15, -0.1) is 0 Å². The van der Waals surface area contributed by atoms with E-state index < -0.39 is 14.6 Å². The van der Waals surface area contributed by atoms with Crippen LogP contribution in [-0.4, -0.2) is 26.5 Å². The van der Waals surface area contributed by atoms with Crippen molar-refractivity contribution in [1.29, 1.82) is 0 Å². The molecule has 1 N–H and O–H groups in total. The fourth-order valence-corrected chi connectivity index (χ4v) is 3.63. The number of sulfone groups is 1. The minimum Gasteiger partial charge on any atom is -0.312 e. The molecule has 20 heavy (non-hydrogen) atoms. The Balaban J connectivity index is 2.47. The highest BCUT2D eigenvalue weighted by molar-refractivity contribution is 7.92.